The zero-order valence-corrected chi connectivity index (χ0v) is 15.6. The van der Waals surface area contributed by atoms with Gasteiger partial charge >= 0.3 is 0 Å². The Morgan fingerprint density at radius 2 is 1.93 bits per heavy atom. The molecule has 7 nitrogen and oxygen atoms in total. The average molecular weight is 390 g/mol. The summed E-state index contributed by atoms with van der Waals surface area (Å²) in [6.45, 7) is 0.0967. The largest absolute Gasteiger partial charge is 0.507 e. The van der Waals surface area contributed by atoms with Gasteiger partial charge in [0.15, 0.2) is 0 Å². The number of Topliss-reactive ketones (excluding diaryl/α,β-unsaturated/α-hetero) is 1. The minimum Gasteiger partial charge on any atom is -0.507 e. The van der Waals surface area contributed by atoms with Gasteiger partial charge in [-0.05, 0) is 36.4 Å². The number of carbonyl (C=O) groups is 2. The maximum atomic E-state index is 12.9. The minimum atomic E-state index is -0.878. The molecule has 1 unspecified atom stereocenters. The molecule has 1 aliphatic rings. The van der Waals surface area contributed by atoms with E-state index in [1.807, 2.05) is 0 Å². The van der Waals surface area contributed by atoms with E-state index in [1.165, 1.54) is 18.3 Å². The molecule has 2 aromatic heterocycles. The highest BCUT2D eigenvalue weighted by molar-refractivity contribution is 6.46. The number of amides is 1. The highest BCUT2D eigenvalue weighted by Gasteiger charge is 2.47. The lowest BCUT2D eigenvalue weighted by Crippen LogP contribution is -2.29. The molecule has 0 radical (unpaired) electrons. The van der Waals surface area contributed by atoms with Crippen LogP contribution in [0, 0.1) is 0 Å². The van der Waals surface area contributed by atoms with E-state index in [2.05, 4.69) is 4.98 Å². The Morgan fingerprint density at radius 3 is 2.62 bits per heavy atom. The van der Waals surface area contributed by atoms with Crippen LogP contribution >= 0.6 is 0 Å². The van der Waals surface area contributed by atoms with Crippen LogP contribution in [0.3, 0.4) is 0 Å². The fourth-order valence-corrected chi connectivity index (χ4v) is 3.44. The van der Waals surface area contributed by atoms with Crippen LogP contribution < -0.4 is 4.74 Å². The van der Waals surface area contributed by atoms with Crippen molar-refractivity contribution in [1.29, 1.82) is 0 Å². The number of aliphatic hydroxyl groups is 1. The predicted molar refractivity (Wildman–Crippen MR) is 104 cm³/mol. The fourth-order valence-electron chi connectivity index (χ4n) is 3.44. The first-order chi connectivity index (χ1) is 14.1. The van der Waals surface area contributed by atoms with Crippen LogP contribution in [0.2, 0.25) is 0 Å². The maximum Gasteiger partial charge on any atom is 0.296 e. The van der Waals surface area contributed by atoms with Crippen LogP contribution in [0.5, 0.6) is 5.75 Å². The number of nitrogens with zero attached hydrogens (tertiary/aromatic N) is 2. The number of ketones is 1. The van der Waals surface area contributed by atoms with E-state index in [1.54, 1.807) is 60.8 Å². The van der Waals surface area contributed by atoms with E-state index in [0.717, 1.165) is 0 Å². The smallest absolute Gasteiger partial charge is 0.296 e. The number of benzene rings is 1. The van der Waals surface area contributed by atoms with E-state index in [9.17, 15) is 14.7 Å². The Kier molecular flexibility index (Phi) is 4.87. The highest BCUT2D eigenvalue weighted by atomic mass is 16.5. The average Bonchev–Trinajstić information content (AvgIpc) is 3.37. The van der Waals surface area contributed by atoms with Crippen molar-refractivity contribution in [3.63, 3.8) is 0 Å². The zero-order valence-electron chi connectivity index (χ0n) is 15.6. The SMILES string of the molecule is COc1ccccc1/C(O)=C1/C(=O)C(=O)N(Cc2ccccn2)C1c1ccco1. The minimum absolute atomic E-state index is 0.0506. The second-order valence-corrected chi connectivity index (χ2v) is 6.46. The van der Waals surface area contributed by atoms with E-state index in [-0.39, 0.29) is 17.9 Å². The number of methoxy groups -OCH3 is 1. The van der Waals surface area contributed by atoms with Crippen LogP contribution in [0.1, 0.15) is 23.1 Å². The molecule has 1 N–H and O–H groups in total. The van der Waals surface area contributed by atoms with Crippen LogP contribution in [0.25, 0.3) is 5.76 Å². The van der Waals surface area contributed by atoms with Gasteiger partial charge in [-0.2, -0.15) is 0 Å². The van der Waals surface area contributed by atoms with Gasteiger partial charge < -0.3 is 19.2 Å². The molecule has 1 atom stereocenters. The summed E-state index contributed by atoms with van der Waals surface area (Å²) in [4.78, 5) is 31.4. The standard InChI is InChI=1S/C22H18N2O5/c1-28-16-9-3-2-8-15(16)20(25)18-19(17-10-6-12-29-17)24(22(27)21(18)26)13-14-7-4-5-11-23-14/h2-12,19,25H,13H2,1H3/b20-18-. The van der Waals surface area contributed by atoms with Gasteiger partial charge in [-0.15, -0.1) is 0 Å². The number of furan rings is 1. The van der Waals surface area contributed by atoms with Crippen molar-refractivity contribution >= 4 is 17.4 Å². The number of carbonyl (C=O) groups excluding carboxylic acids is 2. The fraction of sp³-hybridized carbons (Fsp3) is 0.136. The summed E-state index contributed by atoms with van der Waals surface area (Å²) in [5.41, 5.74) is 0.885. The molecule has 0 aliphatic carbocycles. The Bertz CT molecular complexity index is 1070. The molecular weight excluding hydrogens is 372 g/mol. The third-order valence-electron chi connectivity index (χ3n) is 4.77. The summed E-state index contributed by atoms with van der Waals surface area (Å²) in [6.07, 6.45) is 3.07. The first-order valence-corrected chi connectivity index (χ1v) is 8.97. The summed E-state index contributed by atoms with van der Waals surface area (Å²) in [7, 11) is 1.47. The molecule has 1 fully saturated rings. The molecular formula is C22H18N2O5. The normalized spacial score (nSPS) is 18.2. The Labute approximate surface area is 166 Å². The quantitative estimate of drug-likeness (QED) is 0.408. The molecule has 1 saturated heterocycles. The molecule has 4 rings (SSSR count). The molecule has 0 spiro atoms. The van der Waals surface area contributed by atoms with Gasteiger partial charge in [-0.25, -0.2) is 0 Å². The second kappa shape index (κ2) is 7.63. The molecule has 1 amide bonds. The third kappa shape index (κ3) is 3.27. The van der Waals surface area contributed by atoms with E-state index in [0.29, 0.717) is 22.8 Å². The Balaban J connectivity index is 1.86. The van der Waals surface area contributed by atoms with Crippen LogP contribution in [0.15, 0.2) is 77.0 Å². The molecule has 0 bridgehead atoms. The van der Waals surface area contributed by atoms with Crippen LogP contribution in [-0.4, -0.2) is 33.8 Å². The molecule has 29 heavy (non-hydrogen) atoms. The van der Waals surface area contributed by atoms with Crippen molar-refractivity contribution in [3.8, 4) is 5.75 Å². The van der Waals surface area contributed by atoms with E-state index in [4.69, 9.17) is 9.15 Å². The summed E-state index contributed by atoms with van der Waals surface area (Å²) in [5.74, 6) is -1.07. The van der Waals surface area contributed by atoms with Crippen molar-refractivity contribution < 1.29 is 23.8 Å². The van der Waals surface area contributed by atoms with Crippen molar-refractivity contribution in [1.82, 2.24) is 9.88 Å². The van der Waals surface area contributed by atoms with Crippen LogP contribution in [-0.2, 0) is 16.1 Å². The monoisotopic (exact) mass is 390 g/mol. The zero-order chi connectivity index (χ0) is 20.4. The summed E-state index contributed by atoms with van der Waals surface area (Å²) >= 11 is 0. The summed E-state index contributed by atoms with van der Waals surface area (Å²) in [6, 6.07) is 14.5. The van der Waals surface area contributed by atoms with E-state index >= 15 is 0 Å². The first kappa shape index (κ1) is 18.5. The van der Waals surface area contributed by atoms with Crippen molar-refractivity contribution in [2.24, 2.45) is 0 Å². The highest BCUT2D eigenvalue weighted by Crippen LogP contribution is 2.41. The maximum absolute atomic E-state index is 12.9. The Morgan fingerprint density at radius 1 is 1.14 bits per heavy atom. The van der Waals surface area contributed by atoms with Crippen molar-refractivity contribution in [2.75, 3.05) is 7.11 Å². The molecule has 0 saturated carbocycles. The topological polar surface area (TPSA) is 92.9 Å². The molecule has 3 aromatic rings. The van der Waals surface area contributed by atoms with Crippen molar-refractivity contribution in [3.05, 3.63) is 89.6 Å². The van der Waals surface area contributed by atoms with Gasteiger partial charge in [-0.1, -0.05) is 18.2 Å². The predicted octanol–water partition coefficient (Wildman–Crippen LogP) is 3.31. The lowest BCUT2D eigenvalue weighted by Gasteiger charge is -2.23. The first-order valence-electron chi connectivity index (χ1n) is 8.97. The number of hydrogen-bond donors (Lipinski definition) is 1. The number of rotatable bonds is 5. The lowest BCUT2D eigenvalue weighted by atomic mass is 9.99. The second-order valence-electron chi connectivity index (χ2n) is 6.46. The molecule has 1 aromatic carbocycles. The van der Waals surface area contributed by atoms with Gasteiger partial charge in [0.2, 0.25) is 0 Å². The van der Waals surface area contributed by atoms with E-state index < -0.39 is 17.7 Å². The van der Waals surface area contributed by atoms with Gasteiger partial charge in [0.05, 0.1) is 36.7 Å². The molecule has 7 heteroatoms. The number of para-hydroxylation sites is 1. The number of ether oxygens (including phenoxy) is 1. The number of hydrogen-bond acceptors (Lipinski definition) is 6. The molecule has 3 heterocycles. The van der Waals surface area contributed by atoms with Crippen molar-refractivity contribution in [2.45, 2.75) is 12.6 Å². The van der Waals surface area contributed by atoms with Gasteiger partial charge in [0, 0.05) is 6.20 Å². The van der Waals surface area contributed by atoms with Crippen LogP contribution in [0.4, 0.5) is 0 Å². The lowest BCUT2D eigenvalue weighted by molar-refractivity contribution is -0.140. The molecule has 1 aliphatic heterocycles. The van der Waals surface area contributed by atoms with Gasteiger partial charge in [0.1, 0.15) is 23.3 Å². The number of aromatic nitrogens is 1. The van der Waals surface area contributed by atoms with Gasteiger partial charge in [-0.3, -0.25) is 14.6 Å². The summed E-state index contributed by atoms with van der Waals surface area (Å²) in [5, 5.41) is 11.0. The third-order valence-corrected chi connectivity index (χ3v) is 4.77. The molecule has 146 valence electrons. The number of likely N-dealkylation sites (tertiary alicyclic amines) is 1. The number of aliphatic hydroxyl groups excluding tert-OH is 1. The number of pyridine rings is 1. The Hall–Kier alpha value is -3.87. The van der Waals surface area contributed by atoms with Gasteiger partial charge in [0.25, 0.3) is 11.7 Å². The summed E-state index contributed by atoms with van der Waals surface area (Å²) < 4.78 is 10.8.